The molecule has 1 unspecified atom stereocenters. The first-order chi connectivity index (χ1) is 14.1. The number of hydrogen-bond acceptors (Lipinski definition) is 6. The number of anilines is 2. The van der Waals surface area contributed by atoms with Crippen LogP contribution in [0.4, 0.5) is 16.0 Å². The molecule has 2 aromatic carbocycles. The van der Waals surface area contributed by atoms with Gasteiger partial charge in [0.05, 0.1) is 5.57 Å². The number of nitrogens with zero attached hydrogens (tertiary/aromatic N) is 3. The van der Waals surface area contributed by atoms with Crippen LogP contribution >= 0.6 is 0 Å². The van der Waals surface area contributed by atoms with E-state index < -0.39 is 6.04 Å². The van der Waals surface area contributed by atoms with Crippen LogP contribution in [0.1, 0.15) is 18.5 Å². The Morgan fingerprint density at radius 2 is 2.00 bits per heavy atom. The van der Waals surface area contributed by atoms with Crippen LogP contribution < -0.4 is 20.1 Å². The molecule has 0 fully saturated rings. The van der Waals surface area contributed by atoms with Gasteiger partial charge in [0.2, 0.25) is 12.7 Å². The Hall–Kier alpha value is -3.88. The number of carbonyl (C=O) groups excluding carboxylic acids is 1. The molecule has 1 amide bonds. The average Bonchev–Trinajstić information content (AvgIpc) is 3.36. The number of rotatable bonds is 3. The van der Waals surface area contributed by atoms with Crippen molar-refractivity contribution in [2.75, 3.05) is 17.4 Å². The summed E-state index contributed by atoms with van der Waals surface area (Å²) in [6, 6.07) is 10.6. The summed E-state index contributed by atoms with van der Waals surface area (Å²) in [7, 11) is 0. The van der Waals surface area contributed by atoms with E-state index in [1.807, 2.05) is 12.1 Å². The second-order valence-corrected chi connectivity index (χ2v) is 6.67. The molecular formula is C20H16FN5O3. The van der Waals surface area contributed by atoms with Gasteiger partial charge in [0.1, 0.15) is 18.2 Å². The maximum atomic E-state index is 13.2. The summed E-state index contributed by atoms with van der Waals surface area (Å²) in [6.07, 6.45) is 1.43. The molecule has 3 heterocycles. The molecule has 2 aliphatic rings. The van der Waals surface area contributed by atoms with Crippen LogP contribution in [0.15, 0.2) is 60.1 Å². The van der Waals surface area contributed by atoms with Crippen molar-refractivity contribution in [1.29, 1.82) is 0 Å². The van der Waals surface area contributed by atoms with E-state index in [-0.39, 0.29) is 18.5 Å². The maximum absolute atomic E-state index is 13.2. The fourth-order valence-corrected chi connectivity index (χ4v) is 3.51. The van der Waals surface area contributed by atoms with Crippen molar-refractivity contribution < 1.29 is 18.7 Å². The van der Waals surface area contributed by atoms with E-state index in [2.05, 4.69) is 20.7 Å². The third kappa shape index (κ3) is 2.96. The van der Waals surface area contributed by atoms with Crippen LogP contribution in [-0.4, -0.2) is 27.5 Å². The molecule has 5 rings (SSSR count). The largest absolute Gasteiger partial charge is 0.454 e. The van der Waals surface area contributed by atoms with Gasteiger partial charge in [0.25, 0.3) is 5.91 Å². The van der Waals surface area contributed by atoms with Gasteiger partial charge in [0.15, 0.2) is 11.5 Å². The van der Waals surface area contributed by atoms with Crippen molar-refractivity contribution in [3.63, 3.8) is 0 Å². The predicted octanol–water partition coefficient (Wildman–Crippen LogP) is 3.07. The van der Waals surface area contributed by atoms with Crippen molar-refractivity contribution in [2.24, 2.45) is 0 Å². The Labute approximate surface area is 165 Å². The smallest absolute Gasteiger partial charge is 0.255 e. The molecule has 1 atom stereocenters. The molecule has 146 valence electrons. The molecule has 0 saturated carbocycles. The first kappa shape index (κ1) is 17.2. The molecule has 0 radical (unpaired) electrons. The van der Waals surface area contributed by atoms with Crippen LogP contribution in [0.25, 0.3) is 0 Å². The Morgan fingerprint density at radius 3 is 2.83 bits per heavy atom. The second-order valence-electron chi connectivity index (χ2n) is 6.67. The summed E-state index contributed by atoms with van der Waals surface area (Å²) in [5, 5.41) is 10.2. The Bertz CT molecular complexity index is 1140. The number of nitrogens with one attached hydrogen (secondary N) is 2. The van der Waals surface area contributed by atoms with Crippen LogP contribution in [0.2, 0.25) is 0 Å². The van der Waals surface area contributed by atoms with Crippen molar-refractivity contribution >= 4 is 17.5 Å². The lowest BCUT2D eigenvalue weighted by molar-refractivity contribution is -0.113. The topological polar surface area (TPSA) is 90.3 Å². The minimum atomic E-state index is -0.524. The minimum Gasteiger partial charge on any atom is -0.454 e. The van der Waals surface area contributed by atoms with Crippen molar-refractivity contribution in [1.82, 2.24) is 14.8 Å². The molecule has 9 heteroatoms. The summed E-state index contributed by atoms with van der Waals surface area (Å²) in [5.41, 5.74) is 2.40. The first-order valence-corrected chi connectivity index (χ1v) is 8.94. The normalized spacial score (nSPS) is 17.0. The van der Waals surface area contributed by atoms with Crippen LogP contribution in [0.5, 0.6) is 11.5 Å². The van der Waals surface area contributed by atoms with Gasteiger partial charge < -0.3 is 20.1 Å². The lowest BCUT2D eigenvalue weighted by Crippen LogP contribution is -2.31. The van der Waals surface area contributed by atoms with Gasteiger partial charge in [-0.1, -0.05) is 6.07 Å². The Kier molecular flexibility index (Phi) is 3.94. The molecule has 8 nitrogen and oxygen atoms in total. The highest BCUT2D eigenvalue weighted by Gasteiger charge is 2.34. The van der Waals surface area contributed by atoms with Crippen molar-refractivity contribution in [3.05, 3.63) is 71.4 Å². The molecule has 0 spiro atoms. The maximum Gasteiger partial charge on any atom is 0.255 e. The van der Waals surface area contributed by atoms with E-state index in [0.29, 0.717) is 34.4 Å². The third-order valence-electron chi connectivity index (χ3n) is 4.85. The SMILES string of the molecule is CC1=C(C(=O)Nc2ccc(F)cc2)C(c2ccc3c(c2)OCO3)n2ncnc2N1. The zero-order chi connectivity index (χ0) is 20.0. The van der Waals surface area contributed by atoms with Gasteiger partial charge >= 0.3 is 0 Å². The van der Waals surface area contributed by atoms with E-state index in [1.54, 1.807) is 17.7 Å². The highest BCUT2D eigenvalue weighted by atomic mass is 19.1. The number of benzene rings is 2. The number of hydrogen-bond donors (Lipinski definition) is 2. The number of amides is 1. The van der Waals surface area contributed by atoms with Gasteiger partial charge in [0, 0.05) is 11.4 Å². The van der Waals surface area contributed by atoms with Crippen LogP contribution in [0.3, 0.4) is 0 Å². The van der Waals surface area contributed by atoms with Crippen molar-refractivity contribution in [3.8, 4) is 11.5 Å². The lowest BCUT2D eigenvalue weighted by Gasteiger charge is -2.28. The van der Waals surface area contributed by atoms with E-state index in [9.17, 15) is 9.18 Å². The third-order valence-corrected chi connectivity index (χ3v) is 4.85. The minimum absolute atomic E-state index is 0.159. The van der Waals surface area contributed by atoms with E-state index in [1.165, 1.54) is 30.6 Å². The molecule has 1 aromatic heterocycles. The number of carbonyl (C=O) groups is 1. The number of fused-ring (bicyclic) bond motifs is 2. The molecule has 0 saturated heterocycles. The highest BCUT2D eigenvalue weighted by molar-refractivity contribution is 6.06. The summed E-state index contributed by atoms with van der Waals surface area (Å²) in [6.45, 7) is 1.96. The quantitative estimate of drug-likeness (QED) is 0.711. The van der Waals surface area contributed by atoms with E-state index in [0.717, 1.165) is 5.56 Å². The molecule has 2 aliphatic heterocycles. The molecule has 2 N–H and O–H groups in total. The molecule has 0 bridgehead atoms. The second kappa shape index (κ2) is 6.62. The van der Waals surface area contributed by atoms with Crippen LogP contribution in [-0.2, 0) is 4.79 Å². The molecule has 3 aromatic rings. The fraction of sp³-hybridized carbons (Fsp3) is 0.150. The van der Waals surface area contributed by atoms with Crippen LogP contribution in [0, 0.1) is 5.82 Å². The fourth-order valence-electron chi connectivity index (χ4n) is 3.51. The van der Waals surface area contributed by atoms with Gasteiger partial charge in [-0.15, -0.1) is 0 Å². The summed E-state index contributed by atoms with van der Waals surface area (Å²) < 4.78 is 25.7. The zero-order valence-electron chi connectivity index (χ0n) is 15.3. The van der Waals surface area contributed by atoms with E-state index >= 15 is 0 Å². The predicted molar refractivity (Wildman–Crippen MR) is 102 cm³/mol. The first-order valence-electron chi connectivity index (χ1n) is 8.94. The van der Waals surface area contributed by atoms with Crippen molar-refractivity contribution in [2.45, 2.75) is 13.0 Å². The Balaban J connectivity index is 1.56. The lowest BCUT2D eigenvalue weighted by atomic mass is 9.94. The molecular weight excluding hydrogens is 377 g/mol. The monoisotopic (exact) mass is 393 g/mol. The number of halogens is 1. The highest BCUT2D eigenvalue weighted by Crippen LogP contribution is 2.40. The zero-order valence-corrected chi connectivity index (χ0v) is 15.3. The van der Waals surface area contributed by atoms with Gasteiger partial charge in [-0.3, -0.25) is 4.79 Å². The number of aromatic nitrogens is 3. The van der Waals surface area contributed by atoms with Gasteiger partial charge in [-0.05, 0) is 48.9 Å². The number of allylic oxidation sites excluding steroid dienone is 1. The summed E-state index contributed by atoms with van der Waals surface area (Å²) in [4.78, 5) is 17.4. The van der Waals surface area contributed by atoms with Gasteiger partial charge in [-0.25, -0.2) is 9.07 Å². The molecule has 0 aliphatic carbocycles. The summed E-state index contributed by atoms with van der Waals surface area (Å²) in [5.74, 6) is 1.09. The Morgan fingerprint density at radius 1 is 1.21 bits per heavy atom. The number of ether oxygens (including phenoxy) is 2. The standard InChI is InChI=1S/C20H16FN5O3/c1-11-17(19(27)25-14-5-3-13(21)4-6-14)18(26-20(24-11)22-9-23-26)12-2-7-15-16(8-12)29-10-28-15/h2-9,18H,10H2,1H3,(H,25,27)(H,22,23,24). The van der Waals surface area contributed by atoms with Gasteiger partial charge in [-0.2, -0.15) is 10.1 Å². The molecule has 29 heavy (non-hydrogen) atoms. The average molecular weight is 393 g/mol. The summed E-state index contributed by atoms with van der Waals surface area (Å²) >= 11 is 0. The van der Waals surface area contributed by atoms with E-state index in [4.69, 9.17) is 9.47 Å².